The summed E-state index contributed by atoms with van der Waals surface area (Å²) in [5.41, 5.74) is -0.395. The fourth-order valence-electron chi connectivity index (χ4n) is 3.83. The van der Waals surface area contributed by atoms with E-state index in [0.29, 0.717) is 24.2 Å². The number of furan rings is 1. The number of hydrogen-bond donors (Lipinski definition) is 3. The molecule has 32 heavy (non-hydrogen) atoms. The minimum Gasteiger partial charge on any atom is -0.463 e. The van der Waals surface area contributed by atoms with Gasteiger partial charge in [-0.2, -0.15) is 0 Å². The Balaban J connectivity index is 0.00000363. The van der Waals surface area contributed by atoms with Crippen LogP contribution in [0.3, 0.4) is 0 Å². The fraction of sp³-hybridized carbons (Fsp3) is 0.542. The summed E-state index contributed by atoms with van der Waals surface area (Å²) in [6, 6.07) is 10.6. The molecule has 6 nitrogen and oxygen atoms in total. The predicted octanol–water partition coefficient (Wildman–Crippen LogP) is 4.02. The van der Waals surface area contributed by atoms with Gasteiger partial charge in [-0.05, 0) is 70.8 Å². The van der Waals surface area contributed by atoms with Crippen molar-refractivity contribution in [3.8, 4) is 0 Å². The number of aliphatic hydroxyl groups is 1. The first kappa shape index (κ1) is 26.6. The SMILES string of the molecule is CCNC(=NCC(C)(O)c1ccc(C)o1)NCC1CCN(Cc2ccccc2F)CC1.I. The Morgan fingerprint density at radius 1 is 1.22 bits per heavy atom. The molecule has 0 amide bonds. The van der Waals surface area contributed by atoms with Gasteiger partial charge in [0.05, 0.1) is 6.54 Å². The molecule has 1 fully saturated rings. The molecule has 0 radical (unpaired) electrons. The number of aliphatic imine (C=N–C) groups is 1. The van der Waals surface area contributed by atoms with Crippen molar-refractivity contribution in [3.05, 3.63) is 59.3 Å². The molecule has 1 saturated heterocycles. The summed E-state index contributed by atoms with van der Waals surface area (Å²) >= 11 is 0. The maximum atomic E-state index is 13.9. The van der Waals surface area contributed by atoms with Crippen molar-refractivity contribution in [2.75, 3.05) is 32.7 Å². The highest BCUT2D eigenvalue weighted by atomic mass is 127. The van der Waals surface area contributed by atoms with Gasteiger partial charge in [0.15, 0.2) is 5.96 Å². The van der Waals surface area contributed by atoms with Crippen LogP contribution >= 0.6 is 24.0 Å². The van der Waals surface area contributed by atoms with Crippen LogP contribution in [-0.2, 0) is 12.1 Å². The zero-order chi connectivity index (χ0) is 22.3. The van der Waals surface area contributed by atoms with Crippen LogP contribution < -0.4 is 10.6 Å². The summed E-state index contributed by atoms with van der Waals surface area (Å²) in [4.78, 5) is 6.88. The van der Waals surface area contributed by atoms with Gasteiger partial charge in [0.1, 0.15) is 22.9 Å². The largest absolute Gasteiger partial charge is 0.463 e. The number of aryl methyl sites for hydroxylation is 1. The number of nitrogens with zero attached hydrogens (tertiary/aromatic N) is 2. The monoisotopic (exact) mass is 558 g/mol. The molecule has 2 heterocycles. The Hall–Kier alpha value is -1.65. The molecule has 0 saturated carbocycles. The molecule has 0 aliphatic carbocycles. The van der Waals surface area contributed by atoms with Crippen molar-refractivity contribution in [1.82, 2.24) is 15.5 Å². The molecule has 3 N–H and O–H groups in total. The Kier molecular flexibility index (Phi) is 10.4. The summed E-state index contributed by atoms with van der Waals surface area (Å²) in [5.74, 6) is 2.39. The fourth-order valence-corrected chi connectivity index (χ4v) is 3.83. The van der Waals surface area contributed by atoms with E-state index in [1.165, 1.54) is 6.07 Å². The molecule has 1 aliphatic heterocycles. The number of piperidine rings is 1. The lowest BCUT2D eigenvalue weighted by Gasteiger charge is -2.32. The second-order valence-electron chi connectivity index (χ2n) is 8.57. The second-order valence-corrected chi connectivity index (χ2v) is 8.57. The first-order valence-electron chi connectivity index (χ1n) is 11.1. The molecule has 178 valence electrons. The molecule has 1 aromatic heterocycles. The summed E-state index contributed by atoms with van der Waals surface area (Å²) in [6.45, 7) is 9.94. The topological polar surface area (TPSA) is 73.0 Å². The van der Waals surface area contributed by atoms with E-state index < -0.39 is 5.60 Å². The van der Waals surface area contributed by atoms with E-state index in [0.717, 1.165) is 50.3 Å². The lowest BCUT2D eigenvalue weighted by Crippen LogP contribution is -2.43. The summed E-state index contributed by atoms with van der Waals surface area (Å²) < 4.78 is 19.5. The van der Waals surface area contributed by atoms with Crippen molar-refractivity contribution in [2.45, 2.75) is 45.8 Å². The highest BCUT2D eigenvalue weighted by Gasteiger charge is 2.27. The first-order chi connectivity index (χ1) is 14.9. The van der Waals surface area contributed by atoms with Gasteiger partial charge in [-0.1, -0.05) is 18.2 Å². The Morgan fingerprint density at radius 2 is 1.94 bits per heavy atom. The third-order valence-corrected chi connectivity index (χ3v) is 5.78. The van der Waals surface area contributed by atoms with E-state index >= 15 is 0 Å². The third kappa shape index (κ3) is 7.74. The van der Waals surface area contributed by atoms with Crippen LogP contribution in [0.1, 0.15) is 43.8 Å². The van der Waals surface area contributed by atoms with Crippen molar-refractivity contribution in [1.29, 1.82) is 0 Å². The van der Waals surface area contributed by atoms with Gasteiger partial charge in [0.2, 0.25) is 0 Å². The lowest BCUT2D eigenvalue weighted by atomic mass is 9.96. The highest BCUT2D eigenvalue weighted by Crippen LogP contribution is 2.23. The number of nitrogens with one attached hydrogen (secondary N) is 2. The molecule has 2 aromatic rings. The summed E-state index contributed by atoms with van der Waals surface area (Å²) in [6.07, 6.45) is 2.12. The molecular weight excluding hydrogens is 522 g/mol. The Morgan fingerprint density at radius 3 is 2.56 bits per heavy atom. The van der Waals surface area contributed by atoms with Crippen molar-refractivity contribution >= 4 is 29.9 Å². The first-order valence-corrected chi connectivity index (χ1v) is 11.1. The standard InChI is InChI=1S/C24H35FN4O2.HI/c1-4-26-23(28-17-24(3,30)22-10-9-18(2)31-22)27-15-19-11-13-29(14-12-19)16-20-7-5-6-8-21(20)25;/h5-10,19,30H,4,11-17H2,1-3H3,(H2,26,27,28);1H. The average Bonchev–Trinajstić information content (AvgIpc) is 3.20. The van der Waals surface area contributed by atoms with E-state index in [1.54, 1.807) is 19.1 Å². The molecule has 0 bridgehead atoms. The molecular formula is C24H36FIN4O2. The molecule has 1 aromatic carbocycles. The van der Waals surface area contributed by atoms with Crippen LogP contribution in [0.5, 0.6) is 0 Å². The lowest BCUT2D eigenvalue weighted by molar-refractivity contribution is 0.0428. The van der Waals surface area contributed by atoms with E-state index in [-0.39, 0.29) is 36.3 Å². The summed E-state index contributed by atoms with van der Waals surface area (Å²) in [7, 11) is 0. The van der Waals surface area contributed by atoms with Crippen LogP contribution in [0.2, 0.25) is 0 Å². The maximum absolute atomic E-state index is 13.9. The zero-order valence-electron chi connectivity index (χ0n) is 19.2. The second kappa shape index (κ2) is 12.6. The highest BCUT2D eigenvalue weighted by molar-refractivity contribution is 14.0. The summed E-state index contributed by atoms with van der Waals surface area (Å²) in [5, 5.41) is 17.4. The third-order valence-electron chi connectivity index (χ3n) is 5.78. The normalized spacial score (nSPS) is 17.5. The number of rotatable bonds is 8. The number of likely N-dealkylation sites (tertiary alicyclic amines) is 1. The van der Waals surface area contributed by atoms with Gasteiger partial charge in [-0.25, -0.2) is 9.38 Å². The van der Waals surface area contributed by atoms with Crippen LogP contribution in [0.4, 0.5) is 4.39 Å². The van der Waals surface area contributed by atoms with Gasteiger partial charge in [-0.3, -0.25) is 4.90 Å². The predicted molar refractivity (Wildman–Crippen MR) is 137 cm³/mol. The Bertz CT molecular complexity index is 863. The van der Waals surface area contributed by atoms with Gasteiger partial charge in [-0.15, -0.1) is 24.0 Å². The van der Waals surface area contributed by atoms with E-state index in [4.69, 9.17) is 4.42 Å². The van der Waals surface area contributed by atoms with Crippen LogP contribution in [0.15, 0.2) is 45.8 Å². The van der Waals surface area contributed by atoms with Gasteiger partial charge in [0.25, 0.3) is 0 Å². The van der Waals surface area contributed by atoms with Gasteiger partial charge in [0, 0.05) is 25.2 Å². The number of hydrogen-bond acceptors (Lipinski definition) is 4. The van der Waals surface area contributed by atoms with Gasteiger partial charge >= 0.3 is 0 Å². The van der Waals surface area contributed by atoms with Crippen LogP contribution in [0.25, 0.3) is 0 Å². The average molecular weight is 558 g/mol. The minimum absolute atomic E-state index is 0. The minimum atomic E-state index is -1.16. The van der Waals surface area contributed by atoms with Crippen molar-refractivity contribution in [2.24, 2.45) is 10.9 Å². The molecule has 1 atom stereocenters. The van der Waals surface area contributed by atoms with Gasteiger partial charge < -0.3 is 20.2 Å². The maximum Gasteiger partial charge on any atom is 0.191 e. The number of halogens is 2. The van der Waals surface area contributed by atoms with E-state index in [2.05, 4.69) is 20.5 Å². The van der Waals surface area contributed by atoms with Crippen molar-refractivity contribution < 1.29 is 13.9 Å². The molecule has 8 heteroatoms. The molecule has 1 unspecified atom stereocenters. The van der Waals surface area contributed by atoms with E-state index in [1.807, 2.05) is 32.0 Å². The van der Waals surface area contributed by atoms with Crippen LogP contribution in [-0.4, -0.2) is 48.7 Å². The number of guanidine groups is 1. The molecule has 0 spiro atoms. The Labute approximate surface area is 207 Å². The number of benzene rings is 1. The van der Waals surface area contributed by atoms with E-state index in [9.17, 15) is 9.50 Å². The molecule has 3 rings (SSSR count). The molecule has 1 aliphatic rings. The van der Waals surface area contributed by atoms with Crippen molar-refractivity contribution in [3.63, 3.8) is 0 Å². The zero-order valence-corrected chi connectivity index (χ0v) is 21.6. The smallest absolute Gasteiger partial charge is 0.191 e. The van der Waals surface area contributed by atoms with Crippen LogP contribution in [0, 0.1) is 18.7 Å². The quantitative estimate of drug-likeness (QED) is 0.260.